The average Bonchev–Trinajstić information content (AvgIpc) is 2.97. The van der Waals surface area contributed by atoms with Gasteiger partial charge < -0.3 is 4.74 Å². The Morgan fingerprint density at radius 2 is 1.75 bits per heavy atom. The lowest BCUT2D eigenvalue weighted by Crippen LogP contribution is -2.05. The number of benzene rings is 2. The van der Waals surface area contributed by atoms with Gasteiger partial charge in [0.2, 0.25) is 5.82 Å². The van der Waals surface area contributed by atoms with Gasteiger partial charge >= 0.3 is 0 Å². The minimum absolute atomic E-state index is 0.532. The van der Waals surface area contributed by atoms with Crippen LogP contribution in [0.25, 0.3) is 11.4 Å². The Labute approximate surface area is 116 Å². The number of methoxy groups -OCH3 is 1. The normalized spacial score (nSPS) is 10.4. The van der Waals surface area contributed by atoms with Gasteiger partial charge in [-0.1, -0.05) is 48.5 Å². The van der Waals surface area contributed by atoms with E-state index in [0.717, 1.165) is 16.9 Å². The molecule has 0 N–H and O–H groups in total. The summed E-state index contributed by atoms with van der Waals surface area (Å²) in [6.07, 6.45) is 0. The van der Waals surface area contributed by atoms with Gasteiger partial charge in [0, 0.05) is 11.1 Å². The van der Waals surface area contributed by atoms with Crippen LogP contribution in [-0.4, -0.2) is 27.3 Å². The molecular weight excluding hydrogens is 252 g/mol. The summed E-state index contributed by atoms with van der Waals surface area (Å²) in [6, 6.07) is 17.6. The van der Waals surface area contributed by atoms with Crippen LogP contribution in [0, 0.1) is 0 Å². The minimum atomic E-state index is 0.532. The zero-order valence-corrected chi connectivity index (χ0v) is 11.1. The lowest BCUT2D eigenvalue weighted by molar-refractivity contribution is 0.405. The van der Waals surface area contributed by atoms with E-state index in [9.17, 15) is 0 Å². The van der Waals surface area contributed by atoms with Crippen molar-refractivity contribution >= 4 is 0 Å². The van der Waals surface area contributed by atoms with Crippen LogP contribution in [0.5, 0.6) is 5.75 Å². The zero-order valence-electron chi connectivity index (χ0n) is 11.1. The Balaban J connectivity index is 1.84. The topological polar surface area (TPSA) is 52.8 Å². The molecule has 2 aromatic carbocycles. The van der Waals surface area contributed by atoms with Gasteiger partial charge in [-0.3, -0.25) is 0 Å². The van der Waals surface area contributed by atoms with Crippen molar-refractivity contribution in [1.82, 2.24) is 20.2 Å². The molecular formula is C15H14N4O. The second kappa shape index (κ2) is 5.52. The molecule has 0 atom stereocenters. The molecule has 5 nitrogen and oxygen atoms in total. The van der Waals surface area contributed by atoms with Crippen LogP contribution in [0.4, 0.5) is 0 Å². The molecule has 0 aliphatic heterocycles. The minimum Gasteiger partial charge on any atom is -0.496 e. The third-order valence-electron chi connectivity index (χ3n) is 2.99. The Bertz CT molecular complexity index is 694. The van der Waals surface area contributed by atoms with Crippen LogP contribution < -0.4 is 4.74 Å². The van der Waals surface area contributed by atoms with E-state index in [4.69, 9.17) is 4.74 Å². The highest BCUT2D eigenvalue weighted by Gasteiger charge is 2.08. The summed E-state index contributed by atoms with van der Waals surface area (Å²) in [7, 11) is 1.66. The number of rotatable bonds is 4. The molecule has 0 unspecified atom stereocenters. The van der Waals surface area contributed by atoms with Gasteiger partial charge in [-0.25, -0.2) is 0 Å². The first-order valence-electron chi connectivity index (χ1n) is 6.32. The molecule has 0 aliphatic carbocycles. The molecule has 0 saturated carbocycles. The maximum Gasteiger partial charge on any atom is 0.204 e. The van der Waals surface area contributed by atoms with Crippen molar-refractivity contribution in [3.63, 3.8) is 0 Å². The van der Waals surface area contributed by atoms with E-state index in [1.54, 1.807) is 11.9 Å². The summed E-state index contributed by atoms with van der Waals surface area (Å²) in [4.78, 5) is 1.57. The van der Waals surface area contributed by atoms with Crippen LogP contribution in [0.1, 0.15) is 5.56 Å². The molecule has 20 heavy (non-hydrogen) atoms. The molecule has 5 heteroatoms. The van der Waals surface area contributed by atoms with E-state index < -0.39 is 0 Å². The summed E-state index contributed by atoms with van der Waals surface area (Å²) in [5.41, 5.74) is 1.98. The Morgan fingerprint density at radius 1 is 1.00 bits per heavy atom. The SMILES string of the molecule is COc1ccccc1Cn1nnc(-c2ccccc2)n1. The smallest absolute Gasteiger partial charge is 0.204 e. The lowest BCUT2D eigenvalue weighted by atomic mass is 10.2. The van der Waals surface area contributed by atoms with E-state index in [-0.39, 0.29) is 0 Å². The van der Waals surface area contributed by atoms with Gasteiger partial charge in [0.15, 0.2) is 0 Å². The largest absolute Gasteiger partial charge is 0.496 e. The van der Waals surface area contributed by atoms with Crippen LogP contribution in [-0.2, 0) is 6.54 Å². The molecule has 1 aromatic heterocycles. The average molecular weight is 266 g/mol. The number of hydrogen-bond acceptors (Lipinski definition) is 4. The number of tetrazole rings is 1. The molecule has 0 bridgehead atoms. The van der Waals surface area contributed by atoms with E-state index in [1.807, 2.05) is 54.6 Å². The first-order valence-corrected chi connectivity index (χ1v) is 6.32. The van der Waals surface area contributed by atoms with Crippen molar-refractivity contribution in [3.8, 4) is 17.1 Å². The van der Waals surface area contributed by atoms with Crippen molar-refractivity contribution < 1.29 is 4.74 Å². The number of para-hydroxylation sites is 1. The molecule has 0 radical (unpaired) electrons. The fourth-order valence-electron chi connectivity index (χ4n) is 2.00. The third-order valence-corrected chi connectivity index (χ3v) is 2.99. The van der Waals surface area contributed by atoms with E-state index in [2.05, 4.69) is 15.4 Å². The number of nitrogens with zero attached hydrogens (tertiary/aromatic N) is 4. The van der Waals surface area contributed by atoms with Gasteiger partial charge in [0.1, 0.15) is 5.75 Å². The first kappa shape index (κ1) is 12.3. The van der Waals surface area contributed by atoms with Crippen LogP contribution >= 0.6 is 0 Å². The first-order chi connectivity index (χ1) is 9.86. The predicted octanol–water partition coefficient (Wildman–Crippen LogP) is 2.40. The molecule has 1 heterocycles. The summed E-state index contributed by atoms with van der Waals surface area (Å²) in [5.74, 6) is 1.45. The monoisotopic (exact) mass is 266 g/mol. The molecule has 0 saturated heterocycles. The predicted molar refractivity (Wildman–Crippen MR) is 75.3 cm³/mol. The second-order valence-electron chi connectivity index (χ2n) is 4.32. The van der Waals surface area contributed by atoms with Crippen molar-refractivity contribution in [2.75, 3.05) is 7.11 Å². The van der Waals surface area contributed by atoms with Crippen molar-refractivity contribution in [2.24, 2.45) is 0 Å². The Hall–Kier alpha value is -2.69. The Morgan fingerprint density at radius 3 is 2.55 bits per heavy atom. The fourth-order valence-corrected chi connectivity index (χ4v) is 2.00. The molecule has 3 aromatic rings. The third kappa shape index (κ3) is 2.51. The van der Waals surface area contributed by atoms with Gasteiger partial charge in [-0.05, 0) is 11.3 Å². The quantitative estimate of drug-likeness (QED) is 0.727. The zero-order chi connectivity index (χ0) is 13.8. The van der Waals surface area contributed by atoms with Crippen LogP contribution in [0.15, 0.2) is 54.6 Å². The summed E-state index contributed by atoms with van der Waals surface area (Å²) < 4.78 is 5.32. The van der Waals surface area contributed by atoms with E-state index in [1.165, 1.54) is 0 Å². The standard InChI is InChI=1S/C15H14N4O/c1-20-14-10-6-5-9-13(14)11-19-17-15(16-18-19)12-7-3-2-4-8-12/h2-10H,11H2,1H3. The second-order valence-corrected chi connectivity index (χ2v) is 4.32. The maximum absolute atomic E-state index is 5.32. The fraction of sp³-hybridized carbons (Fsp3) is 0.133. The van der Waals surface area contributed by atoms with E-state index in [0.29, 0.717) is 12.4 Å². The lowest BCUT2D eigenvalue weighted by Gasteiger charge is -2.06. The summed E-state index contributed by atoms with van der Waals surface area (Å²) in [5, 5.41) is 12.6. The van der Waals surface area contributed by atoms with Crippen molar-refractivity contribution in [2.45, 2.75) is 6.54 Å². The molecule has 0 amide bonds. The maximum atomic E-state index is 5.32. The van der Waals surface area contributed by atoms with Gasteiger partial charge in [-0.2, -0.15) is 4.80 Å². The van der Waals surface area contributed by atoms with Gasteiger partial charge in [-0.15, -0.1) is 10.2 Å². The summed E-state index contributed by atoms with van der Waals surface area (Å²) in [6.45, 7) is 0.532. The van der Waals surface area contributed by atoms with Gasteiger partial charge in [0.25, 0.3) is 0 Å². The molecule has 3 rings (SSSR count). The highest BCUT2D eigenvalue weighted by molar-refractivity contribution is 5.53. The number of aromatic nitrogens is 4. The highest BCUT2D eigenvalue weighted by atomic mass is 16.5. The number of hydrogen-bond donors (Lipinski definition) is 0. The molecule has 0 fully saturated rings. The van der Waals surface area contributed by atoms with Crippen LogP contribution in [0.3, 0.4) is 0 Å². The van der Waals surface area contributed by atoms with E-state index >= 15 is 0 Å². The van der Waals surface area contributed by atoms with Gasteiger partial charge in [0.05, 0.1) is 13.7 Å². The molecule has 0 spiro atoms. The van der Waals surface area contributed by atoms with Crippen molar-refractivity contribution in [1.29, 1.82) is 0 Å². The molecule has 0 aliphatic rings. The number of ether oxygens (including phenoxy) is 1. The highest BCUT2D eigenvalue weighted by Crippen LogP contribution is 2.18. The summed E-state index contributed by atoms with van der Waals surface area (Å²) >= 11 is 0. The van der Waals surface area contributed by atoms with Crippen molar-refractivity contribution in [3.05, 3.63) is 60.2 Å². The Kier molecular flexibility index (Phi) is 3.41. The van der Waals surface area contributed by atoms with Crippen LogP contribution in [0.2, 0.25) is 0 Å². The molecule has 100 valence electrons.